The number of ether oxygens (including phenoxy) is 1. The Bertz CT molecular complexity index is 826. The van der Waals surface area contributed by atoms with Gasteiger partial charge < -0.3 is 15.0 Å². The fourth-order valence-corrected chi connectivity index (χ4v) is 3.42. The van der Waals surface area contributed by atoms with Gasteiger partial charge in [0.15, 0.2) is 0 Å². The minimum atomic E-state index is -0.107. The van der Waals surface area contributed by atoms with Crippen molar-refractivity contribution in [3.05, 3.63) is 59.1 Å². The Hall–Kier alpha value is -2.53. The van der Waals surface area contributed by atoms with E-state index >= 15 is 0 Å². The number of aryl methyl sites for hydroxylation is 1. The predicted molar refractivity (Wildman–Crippen MR) is 111 cm³/mol. The van der Waals surface area contributed by atoms with E-state index < -0.39 is 0 Å². The number of carbonyl (C=O) groups excluding carboxylic acids is 2. The largest absolute Gasteiger partial charge is 0.487 e. The number of nitrogens with one attached hydrogen (secondary N) is 1. The maximum atomic E-state index is 12.7. The van der Waals surface area contributed by atoms with Crippen LogP contribution in [0, 0.1) is 0 Å². The summed E-state index contributed by atoms with van der Waals surface area (Å²) in [5.74, 6) is 0.439. The van der Waals surface area contributed by atoms with Gasteiger partial charge in [0.05, 0.1) is 12.2 Å². The Morgan fingerprint density at radius 1 is 1.18 bits per heavy atom. The zero-order valence-electron chi connectivity index (χ0n) is 16.0. The second-order valence-electron chi connectivity index (χ2n) is 6.98. The van der Waals surface area contributed by atoms with Crippen molar-refractivity contribution in [3.63, 3.8) is 0 Å². The molecule has 2 amide bonds. The summed E-state index contributed by atoms with van der Waals surface area (Å²) in [6.07, 6.45) is 2.01. The van der Waals surface area contributed by atoms with Crippen LogP contribution in [0.3, 0.4) is 0 Å². The van der Waals surface area contributed by atoms with Crippen LogP contribution in [0.4, 0.5) is 5.69 Å². The van der Waals surface area contributed by atoms with E-state index in [0.29, 0.717) is 29.5 Å². The number of anilines is 1. The molecule has 1 N–H and O–H groups in total. The minimum Gasteiger partial charge on any atom is -0.487 e. The summed E-state index contributed by atoms with van der Waals surface area (Å²) in [4.78, 5) is 26.4. The standard InChI is InChI=1S/C22H25ClN2O3/c1-16-15-25(19-14-18(23)9-10-20(19)28-16)22(27)12-11-21(26)24-13-5-8-17-6-3-2-4-7-17/h2-4,6-7,9-10,14,16H,5,8,11-13,15H2,1H3,(H,24,26). The Morgan fingerprint density at radius 2 is 1.96 bits per heavy atom. The third kappa shape index (κ3) is 5.49. The van der Waals surface area contributed by atoms with E-state index in [2.05, 4.69) is 17.4 Å². The number of hydrogen-bond donors (Lipinski definition) is 1. The van der Waals surface area contributed by atoms with Gasteiger partial charge in [-0.3, -0.25) is 9.59 Å². The molecule has 3 rings (SSSR count). The van der Waals surface area contributed by atoms with Gasteiger partial charge in [0, 0.05) is 24.4 Å². The molecule has 0 aromatic heterocycles. The smallest absolute Gasteiger partial charge is 0.227 e. The molecule has 0 aliphatic carbocycles. The van der Waals surface area contributed by atoms with Gasteiger partial charge in [0.1, 0.15) is 11.9 Å². The highest BCUT2D eigenvalue weighted by Crippen LogP contribution is 2.36. The first-order valence-electron chi connectivity index (χ1n) is 9.60. The van der Waals surface area contributed by atoms with Crippen LogP contribution < -0.4 is 15.0 Å². The van der Waals surface area contributed by atoms with Gasteiger partial charge in [0.2, 0.25) is 11.8 Å². The second-order valence-corrected chi connectivity index (χ2v) is 7.42. The Balaban J connectivity index is 1.45. The summed E-state index contributed by atoms with van der Waals surface area (Å²) in [5, 5.41) is 3.44. The van der Waals surface area contributed by atoms with E-state index in [1.54, 1.807) is 23.1 Å². The van der Waals surface area contributed by atoms with Gasteiger partial charge in [-0.2, -0.15) is 0 Å². The molecular weight excluding hydrogens is 376 g/mol. The highest BCUT2D eigenvalue weighted by molar-refractivity contribution is 6.31. The van der Waals surface area contributed by atoms with Crippen LogP contribution in [0.5, 0.6) is 5.75 Å². The third-order valence-electron chi connectivity index (χ3n) is 4.65. The molecule has 28 heavy (non-hydrogen) atoms. The van der Waals surface area contributed by atoms with E-state index in [0.717, 1.165) is 12.8 Å². The third-order valence-corrected chi connectivity index (χ3v) is 4.89. The quantitative estimate of drug-likeness (QED) is 0.715. The SMILES string of the molecule is CC1CN(C(=O)CCC(=O)NCCCc2ccccc2)c2cc(Cl)ccc2O1. The van der Waals surface area contributed by atoms with Crippen molar-refractivity contribution in [1.29, 1.82) is 0 Å². The average Bonchev–Trinajstić information content (AvgIpc) is 2.70. The van der Waals surface area contributed by atoms with Gasteiger partial charge in [-0.25, -0.2) is 0 Å². The Labute approximate surface area is 170 Å². The van der Waals surface area contributed by atoms with Crippen LogP contribution in [-0.2, 0) is 16.0 Å². The van der Waals surface area contributed by atoms with E-state index in [-0.39, 0.29) is 30.8 Å². The molecule has 0 radical (unpaired) electrons. The molecule has 0 spiro atoms. The molecule has 1 atom stereocenters. The lowest BCUT2D eigenvalue weighted by molar-refractivity contribution is -0.125. The molecule has 0 fully saturated rings. The number of hydrogen-bond acceptors (Lipinski definition) is 3. The van der Waals surface area contributed by atoms with Gasteiger partial charge in [-0.05, 0) is 43.5 Å². The molecule has 0 saturated carbocycles. The van der Waals surface area contributed by atoms with Crippen molar-refractivity contribution in [3.8, 4) is 5.75 Å². The summed E-state index contributed by atoms with van der Waals surface area (Å²) in [7, 11) is 0. The topological polar surface area (TPSA) is 58.6 Å². The molecule has 2 aromatic rings. The molecule has 1 heterocycles. The van der Waals surface area contributed by atoms with Crippen molar-refractivity contribution >= 4 is 29.1 Å². The molecule has 1 aliphatic rings. The normalized spacial score (nSPS) is 15.5. The number of carbonyl (C=O) groups is 2. The zero-order valence-corrected chi connectivity index (χ0v) is 16.7. The number of halogens is 1. The highest BCUT2D eigenvalue weighted by Gasteiger charge is 2.27. The molecule has 2 aromatic carbocycles. The van der Waals surface area contributed by atoms with Gasteiger partial charge in [-0.15, -0.1) is 0 Å². The predicted octanol–water partition coefficient (Wildman–Crippen LogP) is 3.98. The molecular formula is C22H25ClN2O3. The first-order valence-corrected chi connectivity index (χ1v) is 9.98. The average molecular weight is 401 g/mol. The summed E-state index contributed by atoms with van der Waals surface area (Å²) < 4.78 is 5.76. The van der Waals surface area contributed by atoms with Crippen LogP contribution in [0.2, 0.25) is 5.02 Å². The molecule has 148 valence electrons. The monoisotopic (exact) mass is 400 g/mol. The fraction of sp³-hybridized carbons (Fsp3) is 0.364. The van der Waals surface area contributed by atoms with Gasteiger partial charge >= 0.3 is 0 Å². The molecule has 1 unspecified atom stereocenters. The van der Waals surface area contributed by atoms with E-state index in [9.17, 15) is 9.59 Å². The van der Waals surface area contributed by atoms with E-state index in [4.69, 9.17) is 16.3 Å². The van der Waals surface area contributed by atoms with Crippen molar-refractivity contribution in [2.75, 3.05) is 18.0 Å². The van der Waals surface area contributed by atoms with Crippen molar-refractivity contribution in [2.24, 2.45) is 0 Å². The number of fused-ring (bicyclic) bond motifs is 1. The van der Waals surface area contributed by atoms with Crippen LogP contribution >= 0.6 is 11.6 Å². The Kier molecular flexibility index (Phi) is 6.93. The lowest BCUT2D eigenvalue weighted by Gasteiger charge is -2.33. The molecule has 5 nitrogen and oxygen atoms in total. The van der Waals surface area contributed by atoms with Crippen LogP contribution in [-0.4, -0.2) is 31.0 Å². The highest BCUT2D eigenvalue weighted by atomic mass is 35.5. The summed E-state index contributed by atoms with van der Waals surface area (Å²) in [5.41, 5.74) is 1.92. The zero-order chi connectivity index (χ0) is 19.9. The number of benzene rings is 2. The lowest BCUT2D eigenvalue weighted by Crippen LogP contribution is -2.42. The number of rotatable bonds is 7. The van der Waals surface area contributed by atoms with Crippen LogP contribution in [0.15, 0.2) is 48.5 Å². The van der Waals surface area contributed by atoms with Gasteiger partial charge in [0.25, 0.3) is 0 Å². The first kappa shape index (κ1) is 20.2. The minimum absolute atomic E-state index is 0.0990. The molecule has 0 bridgehead atoms. The summed E-state index contributed by atoms with van der Waals surface area (Å²) in [6, 6.07) is 15.4. The van der Waals surface area contributed by atoms with Crippen molar-refractivity contribution in [1.82, 2.24) is 5.32 Å². The second kappa shape index (κ2) is 9.60. The van der Waals surface area contributed by atoms with Crippen LogP contribution in [0.25, 0.3) is 0 Å². The van der Waals surface area contributed by atoms with E-state index in [1.807, 2.05) is 25.1 Å². The number of nitrogens with zero attached hydrogens (tertiary/aromatic N) is 1. The van der Waals surface area contributed by atoms with Crippen LogP contribution in [0.1, 0.15) is 31.7 Å². The first-order chi connectivity index (χ1) is 13.5. The molecule has 0 saturated heterocycles. The van der Waals surface area contributed by atoms with E-state index in [1.165, 1.54) is 5.56 Å². The lowest BCUT2D eigenvalue weighted by atomic mass is 10.1. The van der Waals surface area contributed by atoms with Crippen molar-refractivity contribution < 1.29 is 14.3 Å². The maximum Gasteiger partial charge on any atom is 0.227 e. The summed E-state index contributed by atoms with van der Waals surface area (Å²) >= 11 is 6.07. The molecule has 6 heteroatoms. The van der Waals surface area contributed by atoms with Gasteiger partial charge in [-0.1, -0.05) is 41.9 Å². The number of amides is 2. The summed E-state index contributed by atoms with van der Waals surface area (Å²) in [6.45, 7) is 2.97. The Morgan fingerprint density at radius 3 is 2.75 bits per heavy atom. The maximum absolute atomic E-state index is 12.7. The van der Waals surface area contributed by atoms with Crippen molar-refractivity contribution in [2.45, 2.75) is 38.7 Å². The fourth-order valence-electron chi connectivity index (χ4n) is 3.26. The molecule has 1 aliphatic heterocycles.